The van der Waals surface area contributed by atoms with E-state index in [0.717, 1.165) is 26.1 Å². The molecule has 1 aliphatic rings. The molecule has 1 rings (SSSR count). The van der Waals surface area contributed by atoms with Gasteiger partial charge < -0.3 is 10.6 Å². The lowest BCUT2D eigenvalue weighted by Crippen LogP contribution is -2.48. The zero-order chi connectivity index (χ0) is 10.6. The lowest BCUT2D eigenvalue weighted by atomic mass is 10.0. The summed E-state index contributed by atoms with van der Waals surface area (Å²) in [6, 6.07) is 0.346. The lowest BCUT2D eigenvalue weighted by Gasteiger charge is -2.35. The maximum atomic E-state index is 5.74. The first-order valence-electron chi connectivity index (χ1n) is 5.29. The Hall–Kier alpha value is -0.190. The summed E-state index contributed by atoms with van der Waals surface area (Å²) >= 11 is 5.09. The van der Waals surface area contributed by atoms with E-state index in [-0.39, 0.29) is 0 Å². The molecule has 0 spiro atoms. The molecule has 0 radical (unpaired) electrons. The van der Waals surface area contributed by atoms with E-state index < -0.39 is 0 Å². The number of nitrogens with zero attached hydrogens (tertiary/aromatic N) is 2. The van der Waals surface area contributed by atoms with E-state index in [1.807, 2.05) is 0 Å². The third-order valence-electron chi connectivity index (χ3n) is 2.78. The third-order valence-corrected chi connectivity index (χ3v) is 3.05. The van der Waals surface area contributed by atoms with E-state index in [4.69, 9.17) is 18.0 Å². The van der Waals surface area contributed by atoms with Crippen LogP contribution in [0.4, 0.5) is 0 Å². The largest absolute Gasteiger partial charge is 0.392 e. The number of nitrogens with two attached hydrogens (primary N) is 1. The van der Waals surface area contributed by atoms with Crippen molar-refractivity contribution in [2.75, 3.05) is 33.7 Å². The van der Waals surface area contributed by atoms with Crippen LogP contribution in [0.5, 0.6) is 0 Å². The molecule has 0 aliphatic carbocycles. The van der Waals surface area contributed by atoms with Crippen molar-refractivity contribution in [3.63, 3.8) is 0 Å². The molecule has 1 atom stereocenters. The summed E-state index contributed by atoms with van der Waals surface area (Å²) in [7, 11) is 4.19. The van der Waals surface area contributed by atoms with Gasteiger partial charge in [0.05, 0.1) is 11.0 Å². The van der Waals surface area contributed by atoms with E-state index in [2.05, 4.69) is 23.9 Å². The average Bonchev–Trinajstić information content (AvgIpc) is 2.15. The Morgan fingerprint density at radius 1 is 1.50 bits per heavy atom. The summed E-state index contributed by atoms with van der Waals surface area (Å²) in [5, 5.41) is 0. The third kappa shape index (κ3) is 3.52. The molecular weight excluding hydrogens is 194 g/mol. The van der Waals surface area contributed by atoms with Gasteiger partial charge in [-0.3, -0.25) is 4.90 Å². The molecule has 1 unspecified atom stereocenters. The zero-order valence-electron chi connectivity index (χ0n) is 9.20. The van der Waals surface area contributed by atoms with Crippen LogP contribution in [0.3, 0.4) is 0 Å². The zero-order valence-corrected chi connectivity index (χ0v) is 10.0. The highest BCUT2D eigenvalue weighted by molar-refractivity contribution is 7.80. The van der Waals surface area contributed by atoms with Gasteiger partial charge in [-0.25, -0.2) is 0 Å². The van der Waals surface area contributed by atoms with Crippen molar-refractivity contribution in [3.8, 4) is 0 Å². The van der Waals surface area contributed by atoms with Gasteiger partial charge in [0.2, 0.25) is 0 Å². The molecule has 0 aromatic rings. The molecule has 14 heavy (non-hydrogen) atoms. The fourth-order valence-corrected chi connectivity index (χ4v) is 2.18. The Labute approximate surface area is 92.2 Å². The van der Waals surface area contributed by atoms with Crippen molar-refractivity contribution >= 4 is 17.2 Å². The molecular formula is C10H21N3S. The second-order valence-corrected chi connectivity index (χ2v) is 4.72. The highest BCUT2D eigenvalue weighted by Crippen LogP contribution is 2.16. The van der Waals surface area contributed by atoms with Crippen LogP contribution in [-0.4, -0.2) is 54.6 Å². The number of piperidine rings is 1. The minimum absolute atomic E-state index is 0.346. The SMILES string of the molecule is CN(C)CCN1CCCCC1C(N)=S. The van der Waals surface area contributed by atoms with Crippen LogP contribution in [0, 0.1) is 0 Å². The van der Waals surface area contributed by atoms with Crippen LogP contribution in [0.2, 0.25) is 0 Å². The highest BCUT2D eigenvalue weighted by atomic mass is 32.1. The van der Waals surface area contributed by atoms with Gasteiger partial charge in [0.1, 0.15) is 0 Å². The van der Waals surface area contributed by atoms with Gasteiger partial charge in [-0.15, -0.1) is 0 Å². The van der Waals surface area contributed by atoms with Crippen LogP contribution in [0.25, 0.3) is 0 Å². The number of rotatable bonds is 4. The van der Waals surface area contributed by atoms with Gasteiger partial charge in [0.15, 0.2) is 0 Å². The lowest BCUT2D eigenvalue weighted by molar-refractivity contribution is 0.176. The minimum atomic E-state index is 0.346. The number of likely N-dealkylation sites (N-methyl/N-ethyl adjacent to an activating group) is 1. The number of hydrogen-bond donors (Lipinski definition) is 1. The van der Waals surface area contributed by atoms with Crippen molar-refractivity contribution in [1.82, 2.24) is 9.80 Å². The Morgan fingerprint density at radius 2 is 2.21 bits per heavy atom. The van der Waals surface area contributed by atoms with Crippen molar-refractivity contribution in [3.05, 3.63) is 0 Å². The number of hydrogen-bond acceptors (Lipinski definition) is 3. The summed E-state index contributed by atoms with van der Waals surface area (Å²) < 4.78 is 0. The molecule has 0 amide bonds. The standard InChI is InChI=1S/C10H21N3S/c1-12(2)7-8-13-6-4-3-5-9(13)10(11)14/h9H,3-8H2,1-2H3,(H2,11,14). The maximum Gasteiger partial charge on any atom is 0.0902 e. The van der Waals surface area contributed by atoms with E-state index in [1.54, 1.807) is 0 Å². The molecule has 0 bridgehead atoms. The molecule has 4 heteroatoms. The van der Waals surface area contributed by atoms with Crippen molar-refractivity contribution in [2.24, 2.45) is 5.73 Å². The van der Waals surface area contributed by atoms with Crippen molar-refractivity contribution < 1.29 is 0 Å². The first kappa shape index (κ1) is 11.9. The predicted molar refractivity (Wildman–Crippen MR) is 64.6 cm³/mol. The van der Waals surface area contributed by atoms with Gasteiger partial charge in [-0.2, -0.15) is 0 Å². The first-order chi connectivity index (χ1) is 6.61. The Kier molecular flexibility index (Phi) is 4.78. The van der Waals surface area contributed by atoms with E-state index in [9.17, 15) is 0 Å². The summed E-state index contributed by atoms with van der Waals surface area (Å²) in [5.74, 6) is 0. The van der Waals surface area contributed by atoms with E-state index in [0.29, 0.717) is 11.0 Å². The quantitative estimate of drug-likeness (QED) is 0.699. The van der Waals surface area contributed by atoms with Gasteiger partial charge in [0, 0.05) is 13.1 Å². The predicted octanol–water partition coefficient (Wildman–Crippen LogP) is 0.689. The molecule has 1 heterocycles. The Bertz CT molecular complexity index is 194. The monoisotopic (exact) mass is 215 g/mol. The molecule has 1 fully saturated rings. The molecule has 2 N–H and O–H groups in total. The summed E-state index contributed by atoms with van der Waals surface area (Å²) in [6.07, 6.45) is 3.69. The average molecular weight is 215 g/mol. The van der Waals surface area contributed by atoms with Crippen LogP contribution in [0.1, 0.15) is 19.3 Å². The molecule has 0 saturated carbocycles. The van der Waals surface area contributed by atoms with Crippen molar-refractivity contribution in [1.29, 1.82) is 0 Å². The highest BCUT2D eigenvalue weighted by Gasteiger charge is 2.23. The van der Waals surface area contributed by atoms with Crippen molar-refractivity contribution in [2.45, 2.75) is 25.3 Å². The molecule has 3 nitrogen and oxygen atoms in total. The van der Waals surface area contributed by atoms with Crippen LogP contribution < -0.4 is 5.73 Å². The second kappa shape index (κ2) is 5.63. The topological polar surface area (TPSA) is 32.5 Å². The fraction of sp³-hybridized carbons (Fsp3) is 0.900. The smallest absolute Gasteiger partial charge is 0.0902 e. The summed E-state index contributed by atoms with van der Waals surface area (Å²) in [4.78, 5) is 5.29. The Balaban J connectivity index is 2.42. The first-order valence-corrected chi connectivity index (χ1v) is 5.70. The molecule has 82 valence electrons. The van der Waals surface area contributed by atoms with Crippen LogP contribution >= 0.6 is 12.2 Å². The molecule has 1 saturated heterocycles. The van der Waals surface area contributed by atoms with Crippen LogP contribution in [-0.2, 0) is 0 Å². The molecule has 0 aromatic heterocycles. The van der Waals surface area contributed by atoms with Gasteiger partial charge in [-0.05, 0) is 33.5 Å². The normalized spacial score (nSPS) is 24.1. The molecule has 0 aromatic carbocycles. The number of thiocarbonyl (C=S) groups is 1. The number of likely N-dealkylation sites (tertiary alicyclic amines) is 1. The van der Waals surface area contributed by atoms with E-state index in [1.165, 1.54) is 12.8 Å². The fourth-order valence-electron chi connectivity index (χ4n) is 1.91. The minimum Gasteiger partial charge on any atom is -0.392 e. The van der Waals surface area contributed by atoms with E-state index >= 15 is 0 Å². The van der Waals surface area contributed by atoms with Gasteiger partial charge in [0.25, 0.3) is 0 Å². The van der Waals surface area contributed by atoms with Gasteiger partial charge in [-0.1, -0.05) is 18.6 Å². The van der Waals surface area contributed by atoms with Gasteiger partial charge >= 0.3 is 0 Å². The maximum absolute atomic E-state index is 5.74. The summed E-state index contributed by atoms with van der Waals surface area (Å²) in [6.45, 7) is 3.31. The Morgan fingerprint density at radius 3 is 2.79 bits per heavy atom. The molecule has 1 aliphatic heterocycles. The second-order valence-electron chi connectivity index (χ2n) is 4.25. The van der Waals surface area contributed by atoms with Crippen LogP contribution in [0.15, 0.2) is 0 Å². The summed E-state index contributed by atoms with van der Waals surface area (Å²) in [5.41, 5.74) is 5.74.